The van der Waals surface area contributed by atoms with Gasteiger partial charge < -0.3 is 9.84 Å². The maximum absolute atomic E-state index is 11.0. The smallest absolute Gasteiger partial charge is 0.358 e. The molecule has 0 aromatic carbocycles. The number of halogens is 1. The zero-order valence-corrected chi connectivity index (χ0v) is 9.05. The first kappa shape index (κ1) is 12.4. The van der Waals surface area contributed by atoms with Gasteiger partial charge in [0.25, 0.3) is 0 Å². The zero-order chi connectivity index (χ0) is 12.0. The van der Waals surface area contributed by atoms with Crippen LogP contribution in [-0.4, -0.2) is 37.9 Å². The van der Waals surface area contributed by atoms with E-state index in [2.05, 4.69) is 10.2 Å². The van der Waals surface area contributed by atoms with Gasteiger partial charge >= 0.3 is 11.9 Å². The number of alkyl halides is 1. The molecule has 7 nitrogen and oxygen atoms in total. The Labute approximate surface area is 96.0 Å². The van der Waals surface area contributed by atoms with Crippen LogP contribution in [0.5, 0.6) is 0 Å². The van der Waals surface area contributed by atoms with Gasteiger partial charge in [-0.3, -0.25) is 4.79 Å². The summed E-state index contributed by atoms with van der Waals surface area (Å²) in [7, 11) is 0. The summed E-state index contributed by atoms with van der Waals surface area (Å²) in [5.41, 5.74) is -0.197. The van der Waals surface area contributed by atoms with Crippen molar-refractivity contribution in [1.82, 2.24) is 15.0 Å². The van der Waals surface area contributed by atoms with E-state index < -0.39 is 11.9 Å². The van der Waals surface area contributed by atoms with Crippen LogP contribution < -0.4 is 0 Å². The molecule has 0 fully saturated rings. The number of nitrogens with zero attached hydrogens (tertiary/aromatic N) is 3. The molecule has 88 valence electrons. The Hall–Kier alpha value is -1.63. The fraction of sp³-hybridized carbons (Fsp3) is 0.500. The standard InChI is InChI=1S/C8H10ClN3O4/c9-3-1-2-7(13)16-5-12-10-4-6(11-12)8(14)15/h4H,1-3,5H2,(H,14,15). The number of carbonyl (C=O) groups excluding carboxylic acids is 1. The fourth-order valence-corrected chi connectivity index (χ4v) is 1.00. The van der Waals surface area contributed by atoms with E-state index in [1.165, 1.54) is 0 Å². The van der Waals surface area contributed by atoms with Crippen LogP contribution in [0.15, 0.2) is 6.20 Å². The molecule has 0 saturated heterocycles. The van der Waals surface area contributed by atoms with Crippen molar-refractivity contribution in [3.63, 3.8) is 0 Å². The van der Waals surface area contributed by atoms with E-state index in [1.807, 2.05) is 0 Å². The number of hydrogen-bond acceptors (Lipinski definition) is 5. The summed E-state index contributed by atoms with van der Waals surface area (Å²) in [5.74, 6) is -1.22. The van der Waals surface area contributed by atoms with Crippen LogP contribution in [0, 0.1) is 0 Å². The molecule has 0 spiro atoms. The highest BCUT2D eigenvalue weighted by molar-refractivity contribution is 6.17. The Kier molecular flexibility index (Phi) is 4.71. The van der Waals surface area contributed by atoms with E-state index >= 15 is 0 Å². The molecule has 0 saturated carbocycles. The monoisotopic (exact) mass is 247 g/mol. The maximum Gasteiger partial charge on any atom is 0.358 e. The number of rotatable bonds is 6. The summed E-state index contributed by atoms with van der Waals surface area (Å²) in [5, 5.41) is 15.7. The van der Waals surface area contributed by atoms with Crippen molar-refractivity contribution >= 4 is 23.5 Å². The predicted octanol–water partition coefficient (Wildman–Crippen LogP) is 0.496. The minimum absolute atomic E-state index is 0.197. The van der Waals surface area contributed by atoms with Gasteiger partial charge in [-0.2, -0.15) is 5.10 Å². The van der Waals surface area contributed by atoms with Gasteiger partial charge in [0.2, 0.25) is 6.73 Å². The molecule has 0 radical (unpaired) electrons. The van der Waals surface area contributed by atoms with Crippen molar-refractivity contribution in [1.29, 1.82) is 0 Å². The first-order valence-corrected chi connectivity index (χ1v) is 5.02. The number of carboxylic acids is 1. The summed E-state index contributed by atoms with van der Waals surface area (Å²) in [6.07, 6.45) is 1.83. The number of hydrogen-bond donors (Lipinski definition) is 1. The van der Waals surface area contributed by atoms with E-state index in [1.54, 1.807) is 0 Å². The van der Waals surface area contributed by atoms with Crippen molar-refractivity contribution in [2.75, 3.05) is 5.88 Å². The number of carbonyl (C=O) groups is 2. The summed E-state index contributed by atoms with van der Waals surface area (Å²) in [6, 6.07) is 0. The molecule has 0 amide bonds. The molecule has 8 heteroatoms. The van der Waals surface area contributed by atoms with Crippen LogP contribution in [0.4, 0.5) is 0 Å². The van der Waals surface area contributed by atoms with Gasteiger partial charge in [0.15, 0.2) is 5.69 Å². The van der Waals surface area contributed by atoms with Crippen LogP contribution in [0.1, 0.15) is 23.3 Å². The van der Waals surface area contributed by atoms with Crippen molar-refractivity contribution in [3.05, 3.63) is 11.9 Å². The van der Waals surface area contributed by atoms with Gasteiger partial charge in [0.05, 0.1) is 6.20 Å². The lowest BCUT2D eigenvalue weighted by Gasteiger charge is -2.02. The zero-order valence-electron chi connectivity index (χ0n) is 8.30. The highest BCUT2D eigenvalue weighted by atomic mass is 35.5. The summed E-state index contributed by atoms with van der Waals surface area (Å²) in [6.45, 7) is -0.200. The Morgan fingerprint density at radius 1 is 1.56 bits per heavy atom. The van der Waals surface area contributed by atoms with Crippen LogP contribution >= 0.6 is 11.6 Å². The van der Waals surface area contributed by atoms with E-state index in [-0.39, 0.29) is 18.8 Å². The molecule has 1 N–H and O–H groups in total. The lowest BCUT2D eigenvalue weighted by Crippen LogP contribution is -2.12. The SMILES string of the molecule is O=C(CCCCl)OCn1ncc(C(=O)O)n1. The van der Waals surface area contributed by atoms with Gasteiger partial charge in [-0.05, 0) is 6.42 Å². The highest BCUT2D eigenvalue weighted by Crippen LogP contribution is 1.97. The third kappa shape index (κ3) is 3.85. The van der Waals surface area contributed by atoms with Gasteiger partial charge in [0, 0.05) is 12.3 Å². The average Bonchev–Trinajstić information content (AvgIpc) is 2.72. The number of aromatic nitrogens is 3. The molecular weight excluding hydrogens is 238 g/mol. The quantitative estimate of drug-likeness (QED) is 0.581. The molecular formula is C8H10ClN3O4. The Morgan fingerprint density at radius 2 is 2.31 bits per heavy atom. The van der Waals surface area contributed by atoms with Crippen LogP contribution in [-0.2, 0) is 16.3 Å². The minimum atomic E-state index is -1.18. The van der Waals surface area contributed by atoms with E-state index in [0.29, 0.717) is 12.3 Å². The Morgan fingerprint density at radius 3 is 2.88 bits per heavy atom. The molecule has 1 aromatic rings. The number of carboxylic acid groups (broad SMARTS) is 1. The normalized spacial score (nSPS) is 10.1. The summed E-state index contributed by atoms with van der Waals surface area (Å²) in [4.78, 5) is 22.5. The number of esters is 1. The minimum Gasteiger partial charge on any atom is -0.476 e. The predicted molar refractivity (Wildman–Crippen MR) is 53.0 cm³/mol. The molecule has 1 aromatic heterocycles. The van der Waals surface area contributed by atoms with Crippen molar-refractivity contribution < 1.29 is 19.4 Å². The average molecular weight is 248 g/mol. The molecule has 0 aliphatic carbocycles. The second kappa shape index (κ2) is 6.06. The highest BCUT2D eigenvalue weighted by Gasteiger charge is 2.09. The van der Waals surface area contributed by atoms with Crippen molar-refractivity contribution in [2.24, 2.45) is 0 Å². The topological polar surface area (TPSA) is 94.3 Å². The summed E-state index contributed by atoms with van der Waals surface area (Å²) < 4.78 is 4.77. The second-order valence-electron chi connectivity index (χ2n) is 2.85. The summed E-state index contributed by atoms with van der Waals surface area (Å²) >= 11 is 5.40. The molecule has 1 rings (SSSR count). The first-order chi connectivity index (χ1) is 7.63. The van der Waals surface area contributed by atoms with E-state index in [0.717, 1.165) is 11.0 Å². The molecule has 0 aliphatic rings. The first-order valence-electron chi connectivity index (χ1n) is 4.48. The number of ether oxygens (including phenoxy) is 1. The van der Waals surface area contributed by atoms with Crippen molar-refractivity contribution in [2.45, 2.75) is 19.6 Å². The fourth-order valence-electron chi connectivity index (χ4n) is 0.871. The van der Waals surface area contributed by atoms with Gasteiger partial charge in [0.1, 0.15) is 0 Å². The molecule has 0 atom stereocenters. The van der Waals surface area contributed by atoms with Crippen LogP contribution in [0.25, 0.3) is 0 Å². The molecule has 1 heterocycles. The third-order valence-corrected chi connectivity index (χ3v) is 1.88. The second-order valence-corrected chi connectivity index (χ2v) is 3.22. The largest absolute Gasteiger partial charge is 0.476 e. The van der Waals surface area contributed by atoms with E-state index in [9.17, 15) is 9.59 Å². The van der Waals surface area contributed by atoms with E-state index in [4.69, 9.17) is 21.4 Å². The third-order valence-electron chi connectivity index (χ3n) is 1.61. The Balaban J connectivity index is 2.36. The van der Waals surface area contributed by atoms with Crippen molar-refractivity contribution in [3.8, 4) is 0 Å². The Bertz CT molecular complexity index is 379. The molecule has 0 unspecified atom stereocenters. The maximum atomic E-state index is 11.0. The lowest BCUT2D eigenvalue weighted by atomic mass is 10.3. The van der Waals surface area contributed by atoms with Gasteiger partial charge in [-0.25, -0.2) is 4.79 Å². The molecule has 0 aliphatic heterocycles. The lowest BCUT2D eigenvalue weighted by molar-refractivity contribution is -0.148. The van der Waals surface area contributed by atoms with Crippen LogP contribution in [0.3, 0.4) is 0 Å². The number of aromatic carboxylic acids is 1. The van der Waals surface area contributed by atoms with Crippen LogP contribution in [0.2, 0.25) is 0 Å². The van der Waals surface area contributed by atoms with Gasteiger partial charge in [-0.15, -0.1) is 21.5 Å². The van der Waals surface area contributed by atoms with Gasteiger partial charge in [-0.1, -0.05) is 0 Å². The molecule has 0 bridgehead atoms. The molecule has 16 heavy (non-hydrogen) atoms.